The van der Waals surface area contributed by atoms with Gasteiger partial charge in [0.15, 0.2) is 0 Å². The van der Waals surface area contributed by atoms with Gasteiger partial charge in [-0.15, -0.1) is 0 Å². The Labute approximate surface area is 155 Å². The van der Waals surface area contributed by atoms with Gasteiger partial charge in [0, 0.05) is 25.6 Å². The van der Waals surface area contributed by atoms with Crippen LogP contribution in [0.1, 0.15) is 56.6 Å². The van der Waals surface area contributed by atoms with Gasteiger partial charge < -0.3 is 15.0 Å². The van der Waals surface area contributed by atoms with E-state index in [2.05, 4.69) is 22.3 Å². The average molecular weight is 356 g/mol. The predicted molar refractivity (Wildman–Crippen MR) is 98.4 cm³/mol. The number of carbonyl (C=O) groups excluding carboxylic acids is 2. The van der Waals surface area contributed by atoms with Crippen molar-refractivity contribution in [3.05, 3.63) is 35.9 Å². The number of fused-ring (bicyclic) bond motifs is 1. The predicted octanol–water partition coefficient (Wildman–Crippen LogP) is 2.81. The molecule has 1 N–H and O–H groups in total. The normalized spacial score (nSPS) is 30.2. The third-order valence-corrected chi connectivity index (χ3v) is 6.14. The van der Waals surface area contributed by atoms with Crippen molar-refractivity contribution in [3.63, 3.8) is 0 Å². The molecule has 2 amide bonds. The summed E-state index contributed by atoms with van der Waals surface area (Å²) in [5.41, 5.74) is 1.17. The number of nitrogens with one attached hydrogen (secondary N) is 1. The van der Waals surface area contributed by atoms with E-state index in [1.165, 1.54) is 5.56 Å². The number of rotatable bonds is 2. The Morgan fingerprint density at radius 2 is 1.85 bits per heavy atom. The minimum absolute atomic E-state index is 0.0508. The molecule has 0 radical (unpaired) electrons. The van der Waals surface area contributed by atoms with Crippen LogP contribution < -0.4 is 5.32 Å². The molecule has 3 heterocycles. The van der Waals surface area contributed by atoms with E-state index in [4.69, 9.17) is 4.74 Å². The Morgan fingerprint density at radius 1 is 1.08 bits per heavy atom. The van der Waals surface area contributed by atoms with Crippen LogP contribution >= 0.6 is 0 Å². The highest BCUT2D eigenvalue weighted by atomic mass is 16.5. The van der Waals surface area contributed by atoms with Gasteiger partial charge in [-0.05, 0) is 37.7 Å². The Hall–Kier alpha value is -1.88. The first-order valence-electron chi connectivity index (χ1n) is 9.98. The molecule has 1 aromatic rings. The van der Waals surface area contributed by atoms with Crippen LogP contribution in [0.3, 0.4) is 0 Å². The molecule has 140 valence electrons. The molecule has 3 saturated heterocycles. The van der Waals surface area contributed by atoms with Crippen LogP contribution in [0.5, 0.6) is 0 Å². The fraction of sp³-hybridized carbons (Fsp3) is 0.619. The molecule has 3 aliphatic rings. The summed E-state index contributed by atoms with van der Waals surface area (Å²) in [6.07, 6.45) is 5.92. The van der Waals surface area contributed by atoms with Crippen LogP contribution in [0.15, 0.2) is 30.3 Å². The van der Waals surface area contributed by atoms with Gasteiger partial charge in [0.05, 0.1) is 18.1 Å². The van der Waals surface area contributed by atoms with E-state index in [9.17, 15) is 9.59 Å². The molecule has 3 aliphatic heterocycles. The molecule has 0 unspecified atom stereocenters. The van der Waals surface area contributed by atoms with Crippen molar-refractivity contribution in [1.82, 2.24) is 10.2 Å². The maximum Gasteiger partial charge on any atom is 0.226 e. The Kier molecular flexibility index (Phi) is 5.25. The van der Waals surface area contributed by atoms with E-state index >= 15 is 0 Å². The van der Waals surface area contributed by atoms with E-state index < -0.39 is 0 Å². The number of likely N-dealkylation sites (tertiary alicyclic amines) is 1. The highest BCUT2D eigenvalue weighted by molar-refractivity contribution is 5.81. The summed E-state index contributed by atoms with van der Waals surface area (Å²) in [4.78, 5) is 27.8. The van der Waals surface area contributed by atoms with Crippen LogP contribution in [0.4, 0.5) is 0 Å². The quantitative estimate of drug-likeness (QED) is 0.886. The number of hydrogen-bond donors (Lipinski definition) is 1. The molecule has 0 saturated carbocycles. The number of hydrogen-bond acceptors (Lipinski definition) is 3. The molecule has 0 aromatic heterocycles. The Bertz CT molecular complexity index is 642. The zero-order chi connectivity index (χ0) is 17.9. The minimum Gasteiger partial charge on any atom is -0.381 e. The summed E-state index contributed by atoms with van der Waals surface area (Å²) in [5, 5.41) is 3.21. The van der Waals surface area contributed by atoms with Crippen LogP contribution in [-0.2, 0) is 14.3 Å². The largest absolute Gasteiger partial charge is 0.381 e. The zero-order valence-electron chi connectivity index (χ0n) is 15.2. The van der Waals surface area contributed by atoms with Gasteiger partial charge in [-0.25, -0.2) is 0 Å². The third-order valence-electron chi connectivity index (χ3n) is 6.14. The smallest absolute Gasteiger partial charge is 0.226 e. The summed E-state index contributed by atoms with van der Waals surface area (Å²) in [6.45, 7) is 1.34. The molecule has 5 heteroatoms. The monoisotopic (exact) mass is 356 g/mol. The second kappa shape index (κ2) is 7.78. The highest BCUT2D eigenvalue weighted by Crippen LogP contribution is 2.41. The molecule has 0 bridgehead atoms. The molecule has 1 aromatic carbocycles. The standard InChI is InChI=1S/C21H28N2O3/c24-20-9-5-4-8-18-17(22-20)14-19(15-6-2-1-3-7-15)23(18)21(25)16-10-12-26-13-11-16/h1-3,6-7,16-19H,4-5,8-14H2,(H,22,24)/t17-,18+,19+/m1/s1. The van der Waals surface area contributed by atoms with Crippen LogP contribution in [0, 0.1) is 5.92 Å². The van der Waals surface area contributed by atoms with Gasteiger partial charge >= 0.3 is 0 Å². The average Bonchev–Trinajstić information content (AvgIpc) is 3.01. The van der Waals surface area contributed by atoms with Gasteiger partial charge in [0.1, 0.15) is 0 Å². The number of nitrogens with zero attached hydrogens (tertiary/aromatic N) is 1. The van der Waals surface area contributed by atoms with Gasteiger partial charge in [0.2, 0.25) is 11.8 Å². The summed E-state index contributed by atoms with van der Waals surface area (Å²) in [6, 6.07) is 10.5. The number of benzene rings is 1. The maximum absolute atomic E-state index is 13.5. The Morgan fingerprint density at radius 3 is 2.62 bits per heavy atom. The molecule has 0 aliphatic carbocycles. The molecule has 26 heavy (non-hydrogen) atoms. The SMILES string of the molecule is O=C1CCCC[C@H]2[C@@H](C[C@@H](c3ccccc3)N2C(=O)C2CCOCC2)N1. The van der Waals surface area contributed by atoms with Crippen molar-refractivity contribution in [2.75, 3.05) is 13.2 Å². The fourth-order valence-corrected chi connectivity index (χ4v) is 4.79. The molecule has 3 fully saturated rings. The second-order valence-electron chi connectivity index (χ2n) is 7.78. The first-order chi connectivity index (χ1) is 12.7. The maximum atomic E-state index is 13.5. The second-order valence-corrected chi connectivity index (χ2v) is 7.78. The van der Waals surface area contributed by atoms with Crippen LogP contribution in [0.2, 0.25) is 0 Å². The van der Waals surface area contributed by atoms with Gasteiger partial charge in [-0.1, -0.05) is 36.8 Å². The van der Waals surface area contributed by atoms with Crippen molar-refractivity contribution in [2.45, 2.75) is 63.1 Å². The van der Waals surface area contributed by atoms with Gasteiger partial charge in [-0.2, -0.15) is 0 Å². The summed E-state index contributed by atoms with van der Waals surface area (Å²) in [7, 11) is 0. The fourth-order valence-electron chi connectivity index (χ4n) is 4.79. The Balaban J connectivity index is 1.64. The first kappa shape index (κ1) is 17.5. The third kappa shape index (κ3) is 3.50. The van der Waals surface area contributed by atoms with Crippen molar-refractivity contribution >= 4 is 11.8 Å². The lowest BCUT2D eigenvalue weighted by atomic mass is 9.95. The number of carbonyl (C=O) groups is 2. The lowest BCUT2D eigenvalue weighted by molar-refractivity contribution is -0.142. The van der Waals surface area contributed by atoms with Crippen molar-refractivity contribution in [1.29, 1.82) is 0 Å². The van der Waals surface area contributed by atoms with Gasteiger partial charge in [-0.3, -0.25) is 9.59 Å². The zero-order valence-corrected chi connectivity index (χ0v) is 15.2. The molecular formula is C21H28N2O3. The lowest BCUT2D eigenvalue weighted by Crippen LogP contribution is -2.49. The van der Waals surface area contributed by atoms with E-state index in [1.54, 1.807) is 0 Å². The van der Waals surface area contributed by atoms with E-state index in [-0.39, 0.29) is 35.9 Å². The minimum atomic E-state index is 0.0508. The van der Waals surface area contributed by atoms with Crippen LogP contribution in [-0.4, -0.2) is 42.0 Å². The van der Waals surface area contributed by atoms with Crippen molar-refractivity contribution < 1.29 is 14.3 Å². The van der Waals surface area contributed by atoms with Crippen molar-refractivity contribution in [2.24, 2.45) is 5.92 Å². The van der Waals surface area contributed by atoms with E-state index in [0.29, 0.717) is 19.6 Å². The molecule has 0 spiro atoms. The first-order valence-corrected chi connectivity index (χ1v) is 9.98. The molecule has 4 rings (SSSR count). The lowest BCUT2D eigenvalue weighted by Gasteiger charge is -2.36. The highest BCUT2D eigenvalue weighted by Gasteiger charge is 2.46. The van der Waals surface area contributed by atoms with Crippen molar-refractivity contribution in [3.8, 4) is 0 Å². The molecule has 3 atom stereocenters. The number of amides is 2. The molecular weight excluding hydrogens is 328 g/mol. The summed E-state index contributed by atoms with van der Waals surface area (Å²) >= 11 is 0. The topological polar surface area (TPSA) is 58.6 Å². The van der Waals surface area contributed by atoms with Gasteiger partial charge in [0.25, 0.3) is 0 Å². The summed E-state index contributed by atoms with van der Waals surface area (Å²) in [5.74, 6) is 0.436. The van der Waals surface area contributed by atoms with E-state index in [1.807, 2.05) is 18.2 Å². The van der Waals surface area contributed by atoms with Crippen LogP contribution in [0.25, 0.3) is 0 Å². The van der Waals surface area contributed by atoms with E-state index in [0.717, 1.165) is 38.5 Å². The summed E-state index contributed by atoms with van der Waals surface area (Å²) < 4.78 is 5.45. The number of ether oxygens (including phenoxy) is 1. The molecule has 5 nitrogen and oxygen atoms in total.